The van der Waals surface area contributed by atoms with E-state index in [1.165, 1.54) is 0 Å². The van der Waals surface area contributed by atoms with Crippen molar-refractivity contribution < 1.29 is 4.52 Å². The fourth-order valence-corrected chi connectivity index (χ4v) is 1.62. The molecule has 0 amide bonds. The van der Waals surface area contributed by atoms with E-state index in [1.54, 1.807) is 0 Å². The molecule has 1 aromatic heterocycles. The molecule has 0 radical (unpaired) electrons. The first-order chi connectivity index (χ1) is 7.34. The molecule has 0 aliphatic carbocycles. The summed E-state index contributed by atoms with van der Waals surface area (Å²) in [6, 6.07) is 0.516. The van der Waals surface area contributed by atoms with Gasteiger partial charge in [0.2, 0.25) is 0 Å². The molecule has 2 rings (SSSR count). The average molecular weight is 211 g/mol. The van der Waals surface area contributed by atoms with Crippen LogP contribution in [0, 0.1) is 6.92 Å². The Labute approximate surface area is 89.0 Å². The van der Waals surface area contributed by atoms with Crippen molar-refractivity contribution in [3.05, 3.63) is 5.82 Å². The molecular formula is C9H17N5O. The molecule has 0 atom stereocenters. The van der Waals surface area contributed by atoms with Crippen LogP contribution in [0.4, 0.5) is 6.01 Å². The highest BCUT2D eigenvalue weighted by Crippen LogP contribution is 2.01. The molecule has 0 saturated carbocycles. The molecule has 1 aliphatic heterocycles. The van der Waals surface area contributed by atoms with Crippen LogP contribution in [0.3, 0.4) is 0 Å². The number of nitrogens with zero attached hydrogens (tertiary/aromatic N) is 3. The van der Waals surface area contributed by atoms with E-state index in [9.17, 15) is 0 Å². The number of aryl methyl sites for hydroxylation is 1. The van der Waals surface area contributed by atoms with Gasteiger partial charge in [0, 0.05) is 39.3 Å². The van der Waals surface area contributed by atoms with Crippen LogP contribution in [-0.4, -0.2) is 54.3 Å². The Morgan fingerprint density at radius 1 is 1.47 bits per heavy atom. The number of aromatic nitrogens is 2. The summed E-state index contributed by atoms with van der Waals surface area (Å²) < 4.78 is 4.95. The van der Waals surface area contributed by atoms with Crippen molar-refractivity contribution in [2.45, 2.75) is 6.92 Å². The Kier molecular flexibility index (Phi) is 3.52. The smallest absolute Gasteiger partial charge is 0.321 e. The fraction of sp³-hybridized carbons (Fsp3) is 0.778. The maximum atomic E-state index is 4.95. The molecule has 1 saturated heterocycles. The number of rotatable bonds is 4. The van der Waals surface area contributed by atoms with E-state index >= 15 is 0 Å². The van der Waals surface area contributed by atoms with Gasteiger partial charge >= 0.3 is 6.01 Å². The molecule has 6 heteroatoms. The van der Waals surface area contributed by atoms with Crippen LogP contribution in [0.25, 0.3) is 0 Å². The lowest BCUT2D eigenvalue weighted by Crippen LogP contribution is -2.45. The van der Waals surface area contributed by atoms with E-state index in [0.29, 0.717) is 11.8 Å². The summed E-state index contributed by atoms with van der Waals surface area (Å²) in [5.41, 5.74) is 0. The molecule has 0 unspecified atom stereocenters. The maximum Gasteiger partial charge on any atom is 0.321 e. The van der Waals surface area contributed by atoms with Crippen LogP contribution < -0.4 is 10.6 Å². The van der Waals surface area contributed by atoms with Crippen molar-refractivity contribution in [3.63, 3.8) is 0 Å². The summed E-state index contributed by atoms with van der Waals surface area (Å²) in [6.07, 6.45) is 0. The van der Waals surface area contributed by atoms with Crippen LogP contribution >= 0.6 is 0 Å². The van der Waals surface area contributed by atoms with E-state index in [0.717, 1.165) is 39.3 Å². The van der Waals surface area contributed by atoms with E-state index in [4.69, 9.17) is 4.52 Å². The Morgan fingerprint density at radius 2 is 2.27 bits per heavy atom. The first-order valence-corrected chi connectivity index (χ1v) is 5.32. The largest absolute Gasteiger partial charge is 0.336 e. The standard InChI is InChI=1S/C9H17N5O/c1-8-12-9(15-13-8)11-4-7-14-5-2-10-3-6-14/h10H,2-7H2,1H3,(H,11,12,13). The van der Waals surface area contributed by atoms with Gasteiger partial charge in [0.25, 0.3) is 0 Å². The Balaban J connectivity index is 1.65. The van der Waals surface area contributed by atoms with Crippen LogP contribution in [0.15, 0.2) is 4.52 Å². The highest BCUT2D eigenvalue weighted by atomic mass is 16.5. The molecule has 0 aromatic carbocycles. The van der Waals surface area contributed by atoms with Gasteiger partial charge in [-0.05, 0) is 6.92 Å². The molecule has 1 fully saturated rings. The molecule has 84 valence electrons. The van der Waals surface area contributed by atoms with Crippen molar-refractivity contribution in [3.8, 4) is 0 Å². The SMILES string of the molecule is Cc1noc(NCCN2CCNCC2)n1. The first kappa shape index (κ1) is 10.4. The topological polar surface area (TPSA) is 66.2 Å². The normalized spacial score (nSPS) is 17.9. The third-order valence-electron chi connectivity index (χ3n) is 2.44. The Bertz CT molecular complexity index is 294. The summed E-state index contributed by atoms with van der Waals surface area (Å²) in [5.74, 6) is 0.666. The van der Waals surface area contributed by atoms with E-state index < -0.39 is 0 Å². The van der Waals surface area contributed by atoms with E-state index in [1.807, 2.05) is 6.92 Å². The third kappa shape index (κ3) is 3.17. The van der Waals surface area contributed by atoms with E-state index in [-0.39, 0.29) is 0 Å². The van der Waals surface area contributed by atoms with E-state index in [2.05, 4.69) is 25.7 Å². The van der Waals surface area contributed by atoms with Crippen LogP contribution in [0.2, 0.25) is 0 Å². The lowest BCUT2D eigenvalue weighted by Gasteiger charge is -2.26. The zero-order valence-corrected chi connectivity index (χ0v) is 8.99. The Hall–Kier alpha value is -1.14. The fourth-order valence-electron chi connectivity index (χ4n) is 1.62. The predicted molar refractivity (Wildman–Crippen MR) is 56.8 cm³/mol. The lowest BCUT2D eigenvalue weighted by atomic mass is 10.3. The minimum Gasteiger partial charge on any atom is -0.336 e. The van der Waals surface area contributed by atoms with Gasteiger partial charge in [0.05, 0.1) is 0 Å². The highest BCUT2D eigenvalue weighted by molar-refractivity contribution is 5.17. The third-order valence-corrected chi connectivity index (χ3v) is 2.44. The molecular weight excluding hydrogens is 194 g/mol. The average Bonchev–Trinajstić information content (AvgIpc) is 2.66. The molecule has 1 aliphatic rings. The molecule has 15 heavy (non-hydrogen) atoms. The van der Waals surface area contributed by atoms with Crippen molar-refractivity contribution in [2.75, 3.05) is 44.6 Å². The van der Waals surface area contributed by atoms with Crippen molar-refractivity contribution in [2.24, 2.45) is 0 Å². The zero-order valence-electron chi connectivity index (χ0n) is 8.99. The summed E-state index contributed by atoms with van der Waals surface area (Å²) in [7, 11) is 0. The monoisotopic (exact) mass is 211 g/mol. The van der Waals surface area contributed by atoms with Gasteiger partial charge in [-0.15, -0.1) is 0 Å². The van der Waals surface area contributed by atoms with Crippen LogP contribution in [-0.2, 0) is 0 Å². The molecule has 1 aromatic rings. The molecule has 2 N–H and O–H groups in total. The highest BCUT2D eigenvalue weighted by Gasteiger charge is 2.09. The second-order valence-electron chi connectivity index (χ2n) is 3.67. The number of nitrogens with one attached hydrogen (secondary N) is 2. The summed E-state index contributed by atoms with van der Waals surface area (Å²) in [4.78, 5) is 6.48. The second kappa shape index (κ2) is 5.09. The molecule has 6 nitrogen and oxygen atoms in total. The summed E-state index contributed by atoms with van der Waals surface area (Å²) in [6.45, 7) is 8.07. The van der Waals surface area contributed by atoms with Crippen molar-refractivity contribution >= 4 is 6.01 Å². The van der Waals surface area contributed by atoms with Gasteiger partial charge in [-0.25, -0.2) is 0 Å². The second-order valence-corrected chi connectivity index (χ2v) is 3.67. The van der Waals surface area contributed by atoms with Gasteiger partial charge in [0.1, 0.15) is 0 Å². The summed E-state index contributed by atoms with van der Waals surface area (Å²) >= 11 is 0. The minimum atomic E-state index is 0.516. The zero-order chi connectivity index (χ0) is 10.5. The van der Waals surface area contributed by atoms with Crippen LogP contribution in [0.5, 0.6) is 0 Å². The number of hydrogen-bond donors (Lipinski definition) is 2. The Morgan fingerprint density at radius 3 is 2.93 bits per heavy atom. The van der Waals surface area contributed by atoms with Gasteiger partial charge in [-0.3, -0.25) is 4.90 Å². The lowest BCUT2D eigenvalue weighted by molar-refractivity contribution is 0.249. The minimum absolute atomic E-state index is 0.516. The summed E-state index contributed by atoms with van der Waals surface area (Å²) in [5, 5.41) is 10.1. The first-order valence-electron chi connectivity index (χ1n) is 5.32. The number of hydrogen-bond acceptors (Lipinski definition) is 6. The van der Waals surface area contributed by atoms with Gasteiger partial charge < -0.3 is 15.2 Å². The molecule has 0 spiro atoms. The molecule has 2 heterocycles. The predicted octanol–water partition coefficient (Wildman–Crippen LogP) is -0.305. The van der Waals surface area contributed by atoms with Crippen molar-refractivity contribution in [1.29, 1.82) is 0 Å². The number of anilines is 1. The van der Waals surface area contributed by atoms with Crippen LogP contribution in [0.1, 0.15) is 5.82 Å². The van der Waals surface area contributed by atoms with Crippen molar-refractivity contribution in [1.82, 2.24) is 20.4 Å². The van der Waals surface area contributed by atoms with Gasteiger partial charge in [0.15, 0.2) is 5.82 Å². The quantitative estimate of drug-likeness (QED) is 0.712. The van der Waals surface area contributed by atoms with Gasteiger partial charge in [-0.1, -0.05) is 5.16 Å². The molecule has 0 bridgehead atoms. The van der Waals surface area contributed by atoms with Gasteiger partial charge in [-0.2, -0.15) is 4.98 Å². The maximum absolute atomic E-state index is 4.95. The number of piperazine rings is 1.